The summed E-state index contributed by atoms with van der Waals surface area (Å²) in [5.41, 5.74) is 1.72. The van der Waals surface area contributed by atoms with Crippen molar-refractivity contribution in [1.29, 1.82) is 0 Å². The third-order valence-corrected chi connectivity index (χ3v) is 6.18. The summed E-state index contributed by atoms with van der Waals surface area (Å²) in [6.07, 6.45) is 0.477. The molecule has 1 saturated heterocycles. The largest absolute Gasteiger partial charge is 0.334 e. The quantitative estimate of drug-likeness (QED) is 0.905. The molecule has 1 aromatic heterocycles. The molecule has 1 fully saturated rings. The van der Waals surface area contributed by atoms with E-state index in [0.717, 1.165) is 10.4 Å². The van der Waals surface area contributed by atoms with Crippen molar-refractivity contribution >= 4 is 32.9 Å². The molecule has 1 aliphatic rings. The van der Waals surface area contributed by atoms with Gasteiger partial charge in [0, 0.05) is 16.6 Å². The fraction of sp³-hybridized carbons (Fsp3) is 0.267. The minimum atomic E-state index is -2.99. The van der Waals surface area contributed by atoms with Crippen molar-refractivity contribution in [2.45, 2.75) is 12.5 Å². The maximum atomic E-state index is 12.0. The van der Waals surface area contributed by atoms with Gasteiger partial charge >= 0.3 is 6.03 Å². The Morgan fingerprint density at radius 2 is 2.09 bits per heavy atom. The minimum absolute atomic E-state index is 0.0235. The molecule has 2 amide bonds. The number of carbonyl (C=O) groups is 1. The number of hydrogen-bond donors (Lipinski definition) is 2. The van der Waals surface area contributed by atoms with Crippen LogP contribution in [0.25, 0.3) is 10.4 Å². The third-order valence-electron chi connectivity index (χ3n) is 3.49. The van der Waals surface area contributed by atoms with Crippen LogP contribution in [0, 0.1) is 0 Å². The Kier molecular flexibility index (Phi) is 4.17. The van der Waals surface area contributed by atoms with Gasteiger partial charge in [0.15, 0.2) is 9.84 Å². The number of carbonyl (C=O) groups excluding carboxylic acids is 1. The highest BCUT2D eigenvalue weighted by molar-refractivity contribution is 7.91. The van der Waals surface area contributed by atoms with Crippen molar-refractivity contribution in [3.63, 3.8) is 0 Å². The second-order valence-corrected chi connectivity index (χ2v) is 8.43. The molecule has 116 valence electrons. The van der Waals surface area contributed by atoms with E-state index in [1.165, 1.54) is 0 Å². The van der Waals surface area contributed by atoms with Crippen LogP contribution in [0.4, 0.5) is 10.5 Å². The molecule has 0 radical (unpaired) electrons. The molecule has 0 unspecified atom stereocenters. The highest BCUT2D eigenvalue weighted by Gasteiger charge is 2.28. The molecule has 1 aliphatic heterocycles. The number of benzene rings is 1. The second kappa shape index (κ2) is 6.10. The van der Waals surface area contributed by atoms with Crippen molar-refractivity contribution in [2.24, 2.45) is 0 Å². The van der Waals surface area contributed by atoms with Gasteiger partial charge in [-0.3, -0.25) is 0 Å². The predicted octanol–water partition coefficient (Wildman–Crippen LogP) is 2.72. The van der Waals surface area contributed by atoms with Crippen molar-refractivity contribution in [3.05, 3.63) is 41.8 Å². The summed E-state index contributed by atoms with van der Waals surface area (Å²) in [5.74, 6) is 0.168. The number of rotatable bonds is 3. The average molecular weight is 336 g/mol. The Morgan fingerprint density at radius 3 is 2.77 bits per heavy atom. The van der Waals surface area contributed by atoms with Crippen LogP contribution < -0.4 is 10.6 Å². The van der Waals surface area contributed by atoms with Crippen LogP contribution in [-0.4, -0.2) is 32.0 Å². The number of amides is 2. The van der Waals surface area contributed by atoms with E-state index in [1.54, 1.807) is 11.3 Å². The highest BCUT2D eigenvalue weighted by atomic mass is 32.2. The van der Waals surface area contributed by atoms with Crippen molar-refractivity contribution in [1.82, 2.24) is 5.32 Å². The first kappa shape index (κ1) is 15.1. The van der Waals surface area contributed by atoms with Crippen molar-refractivity contribution in [3.8, 4) is 10.4 Å². The monoisotopic (exact) mass is 336 g/mol. The molecule has 7 heteroatoms. The summed E-state index contributed by atoms with van der Waals surface area (Å²) in [6, 6.07) is 10.9. The molecular formula is C15H16N2O3S2. The molecule has 1 aromatic carbocycles. The Balaban J connectivity index is 1.63. The van der Waals surface area contributed by atoms with E-state index in [-0.39, 0.29) is 23.6 Å². The second-order valence-electron chi connectivity index (χ2n) is 5.26. The van der Waals surface area contributed by atoms with E-state index in [0.29, 0.717) is 12.1 Å². The lowest BCUT2D eigenvalue weighted by Gasteiger charge is -2.12. The van der Waals surface area contributed by atoms with Gasteiger partial charge in [-0.25, -0.2) is 13.2 Å². The molecule has 0 saturated carbocycles. The van der Waals surface area contributed by atoms with Crippen LogP contribution in [0.3, 0.4) is 0 Å². The van der Waals surface area contributed by atoms with Gasteiger partial charge in [-0.15, -0.1) is 11.3 Å². The minimum Gasteiger partial charge on any atom is -0.334 e. The van der Waals surface area contributed by atoms with Crippen LogP contribution in [0.2, 0.25) is 0 Å². The zero-order valence-electron chi connectivity index (χ0n) is 11.8. The molecule has 0 bridgehead atoms. The SMILES string of the molecule is O=C(Nc1cccc(-c2cccs2)c1)N[C@H]1CCS(=O)(=O)C1. The van der Waals surface area contributed by atoms with Gasteiger partial charge in [0.1, 0.15) is 0 Å². The van der Waals surface area contributed by atoms with Crippen LogP contribution >= 0.6 is 11.3 Å². The van der Waals surface area contributed by atoms with Crippen LogP contribution in [-0.2, 0) is 9.84 Å². The van der Waals surface area contributed by atoms with E-state index in [2.05, 4.69) is 10.6 Å². The van der Waals surface area contributed by atoms with Crippen LogP contribution in [0.5, 0.6) is 0 Å². The fourth-order valence-corrected chi connectivity index (χ4v) is 4.85. The van der Waals surface area contributed by atoms with E-state index >= 15 is 0 Å². The first-order chi connectivity index (χ1) is 10.5. The Labute approximate surface area is 133 Å². The lowest BCUT2D eigenvalue weighted by atomic mass is 10.1. The topological polar surface area (TPSA) is 75.3 Å². The lowest BCUT2D eigenvalue weighted by Crippen LogP contribution is -2.38. The number of hydrogen-bond acceptors (Lipinski definition) is 4. The maximum Gasteiger partial charge on any atom is 0.319 e. The Morgan fingerprint density at radius 1 is 1.23 bits per heavy atom. The number of urea groups is 1. The normalized spacial score (nSPS) is 19.7. The molecule has 5 nitrogen and oxygen atoms in total. The third kappa shape index (κ3) is 3.66. The lowest BCUT2D eigenvalue weighted by molar-refractivity contribution is 0.249. The van der Waals surface area contributed by atoms with Gasteiger partial charge < -0.3 is 10.6 Å². The van der Waals surface area contributed by atoms with Gasteiger partial charge in [0.25, 0.3) is 0 Å². The van der Waals surface area contributed by atoms with Gasteiger partial charge in [-0.05, 0) is 35.6 Å². The average Bonchev–Trinajstić information content (AvgIpc) is 3.09. The zero-order valence-corrected chi connectivity index (χ0v) is 13.4. The summed E-state index contributed by atoms with van der Waals surface area (Å²) >= 11 is 1.63. The Bertz CT molecular complexity index is 770. The molecule has 22 heavy (non-hydrogen) atoms. The number of sulfone groups is 1. The van der Waals surface area contributed by atoms with E-state index in [9.17, 15) is 13.2 Å². The first-order valence-corrected chi connectivity index (χ1v) is 9.64. The van der Waals surface area contributed by atoms with E-state index in [1.807, 2.05) is 41.8 Å². The maximum absolute atomic E-state index is 12.0. The first-order valence-electron chi connectivity index (χ1n) is 6.94. The van der Waals surface area contributed by atoms with Gasteiger partial charge in [0.2, 0.25) is 0 Å². The molecule has 3 rings (SSSR count). The summed E-state index contributed by atoms with van der Waals surface area (Å²) < 4.78 is 22.8. The number of thiophene rings is 1. The summed E-state index contributed by atoms with van der Waals surface area (Å²) in [5, 5.41) is 7.47. The summed E-state index contributed by atoms with van der Waals surface area (Å²) in [7, 11) is -2.99. The molecule has 0 spiro atoms. The molecular weight excluding hydrogens is 320 g/mol. The summed E-state index contributed by atoms with van der Waals surface area (Å²) in [6.45, 7) is 0. The predicted molar refractivity (Wildman–Crippen MR) is 89.0 cm³/mol. The highest BCUT2D eigenvalue weighted by Crippen LogP contribution is 2.26. The summed E-state index contributed by atoms with van der Waals surface area (Å²) in [4.78, 5) is 13.1. The molecule has 2 aromatic rings. The van der Waals surface area contributed by atoms with Gasteiger partial charge in [0.05, 0.1) is 11.5 Å². The standard InChI is InChI=1S/C15H16N2O3S2/c18-15(17-13-6-8-22(19,20)10-13)16-12-4-1-3-11(9-12)14-5-2-7-21-14/h1-5,7,9,13H,6,8,10H2,(H2,16,17,18)/t13-/m0/s1. The molecule has 2 heterocycles. The van der Waals surface area contributed by atoms with Crippen LogP contribution in [0.1, 0.15) is 6.42 Å². The zero-order chi connectivity index (χ0) is 15.6. The van der Waals surface area contributed by atoms with Crippen molar-refractivity contribution < 1.29 is 13.2 Å². The molecule has 1 atom stereocenters. The Hall–Kier alpha value is -1.86. The van der Waals surface area contributed by atoms with Crippen molar-refractivity contribution in [2.75, 3.05) is 16.8 Å². The van der Waals surface area contributed by atoms with E-state index in [4.69, 9.17) is 0 Å². The molecule has 0 aliphatic carbocycles. The van der Waals surface area contributed by atoms with Gasteiger partial charge in [-0.2, -0.15) is 0 Å². The van der Waals surface area contributed by atoms with E-state index < -0.39 is 9.84 Å². The number of anilines is 1. The van der Waals surface area contributed by atoms with Crippen LogP contribution in [0.15, 0.2) is 41.8 Å². The molecule has 2 N–H and O–H groups in total. The van der Waals surface area contributed by atoms with Gasteiger partial charge in [-0.1, -0.05) is 18.2 Å². The smallest absolute Gasteiger partial charge is 0.319 e. The number of nitrogens with one attached hydrogen (secondary N) is 2. The fourth-order valence-electron chi connectivity index (χ4n) is 2.45.